The third-order valence-corrected chi connectivity index (χ3v) is 13.8. The monoisotopic (exact) mass is 725 g/mol. The molecule has 8 aromatic rings. The van der Waals surface area contributed by atoms with Crippen molar-refractivity contribution < 1.29 is 4.42 Å². The minimum Gasteiger partial charge on any atom is -0.454 e. The van der Waals surface area contributed by atoms with Crippen LogP contribution in [0, 0.1) is 0 Å². The first-order valence-electron chi connectivity index (χ1n) is 20.4. The topological polar surface area (TPSA) is 28.4 Å². The highest BCUT2D eigenvalue weighted by atomic mass is 16.3. The number of furan rings is 1. The van der Waals surface area contributed by atoms with Gasteiger partial charge in [0.25, 0.3) is 0 Å². The molecule has 0 amide bonds. The molecule has 1 saturated carbocycles. The van der Waals surface area contributed by atoms with Crippen LogP contribution in [0.2, 0.25) is 0 Å². The predicted octanol–water partition coefficient (Wildman–Crippen LogP) is 12.8. The maximum Gasteiger partial charge on any atom is 0.198 e. The van der Waals surface area contributed by atoms with Crippen LogP contribution in [0.25, 0.3) is 55.0 Å². The Morgan fingerprint density at radius 2 is 1.38 bits per heavy atom. The molecule has 1 aromatic heterocycles. The Balaban J connectivity index is 1.20. The lowest BCUT2D eigenvalue weighted by molar-refractivity contribution is 0.195. The van der Waals surface area contributed by atoms with Gasteiger partial charge in [-0.2, -0.15) is 0 Å². The van der Waals surface area contributed by atoms with Crippen molar-refractivity contribution in [2.75, 3.05) is 10.2 Å². The van der Waals surface area contributed by atoms with Crippen molar-refractivity contribution in [3.63, 3.8) is 0 Å². The summed E-state index contributed by atoms with van der Waals surface area (Å²) in [5, 5.41) is 8.70. The molecule has 2 atom stereocenters. The SMILES string of the molecule is CC(C)(C)c1cc2c3c(c1)C1(C)CCCCC1(C)N3c1c(c(-c3ccc4ccccc4c3Nc3ccc(-c4ccccc4)cc3)cc3c1oc1ccccc13)[B]2. The molecular weight excluding hydrogens is 679 g/mol. The molecule has 1 N–H and O–H groups in total. The quantitative estimate of drug-likeness (QED) is 0.183. The van der Waals surface area contributed by atoms with Crippen LogP contribution in [0.1, 0.15) is 71.4 Å². The Kier molecular flexibility index (Phi) is 7.13. The van der Waals surface area contributed by atoms with Crippen LogP contribution < -0.4 is 21.1 Å². The molecular formula is C52H46BN2O. The van der Waals surface area contributed by atoms with E-state index in [1.165, 1.54) is 91.1 Å². The molecule has 4 heteroatoms. The Morgan fingerprint density at radius 3 is 2.18 bits per heavy atom. The fraction of sp³-hybridized carbons (Fsp3) is 0.231. The molecule has 2 aliphatic heterocycles. The zero-order chi connectivity index (χ0) is 38.0. The van der Waals surface area contributed by atoms with Gasteiger partial charge in [-0.05, 0) is 88.1 Å². The summed E-state index contributed by atoms with van der Waals surface area (Å²) in [6.07, 6.45) is 4.79. The molecule has 7 aromatic carbocycles. The third-order valence-electron chi connectivity index (χ3n) is 13.8. The van der Waals surface area contributed by atoms with Crippen molar-refractivity contribution in [3.05, 3.63) is 145 Å². The van der Waals surface area contributed by atoms with E-state index >= 15 is 0 Å². The highest BCUT2D eigenvalue weighted by Crippen LogP contribution is 2.62. The van der Waals surface area contributed by atoms with Crippen molar-refractivity contribution in [3.8, 4) is 22.3 Å². The summed E-state index contributed by atoms with van der Waals surface area (Å²) >= 11 is 0. The van der Waals surface area contributed by atoms with Crippen molar-refractivity contribution in [2.45, 2.75) is 76.7 Å². The maximum atomic E-state index is 7.01. The number of hydrogen-bond donors (Lipinski definition) is 1. The van der Waals surface area contributed by atoms with E-state index in [2.05, 4.69) is 186 Å². The molecule has 1 radical (unpaired) electrons. The highest BCUT2D eigenvalue weighted by molar-refractivity contribution is 6.74. The van der Waals surface area contributed by atoms with Crippen LogP contribution in [-0.4, -0.2) is 12.8 Å². The second-order valence-electron chi connectivity index (χ2n) is 17.9. The lowest BCUT2D eigenvalue weighted by atomic mass is 9.57. The number of benzene rings is 7. The molecule has 3 aliphatic rings. The summed E-state index contributed by atoms with van der Waals surface area (Å²) in [5.74, 6) is 0. The molecule has 0 spiro atoms. The second-order valence-corrected chi connectivity index (χ2v) is 17.9. The van der Waals surface area contributed by atoms with Gasteiger partial charge in [-0.15, -0.1) is 0 Å². The van der Waals surface area contributed by atoms with E-state index in [0.717, 1.165) is 34.3 Å². The Bertz CT molecular complexity index is 2880. The summed E-state index contributed by atoms with van der Waals surface area (Å²) in [6.45, 7) is 12.2. The number of fused-ring (bicyclic) bond motifs is 10. The zero-order valence-electron chi connectivity index (χ0n) is 33.0. The average molecular weight is 726 g/mol. The van der Waals surface area contributed by atoms with Gasteiger partial charge < -0.3 is 14.6 Å². The first-order chi connectivity index (χ1) is 27.1. The molecule has 3 nitrogen and oxygen atoms in total. The molecule has 1 aliphatic carbocycles. The summed E-state index contributed by atoms with van der Waals surface area (Å²) in [6, 6.07) is 48.9. The van der Waals surface area contributed by atoms with Gasteiger partial charge in [0.15, 0.2) is 12.9 Å². The van der Waals surface area contributed by atoms with Crippen LogP contribution >= 0.6 is 0 Å². The Hall–Kier alpha value is -5.74. The third kappa shape index (κ3) is 4.71. The number of rotatable bonds is 4. The smallest absolute Gasteiger partial charge is 0.198 e. The minimum absolute atomic E-state index is 0.00195. The van der Waals surface area contributed by atoms with E-state index in [4.69, 9.17) is 4.42 Å². The first-order valence-corrected chi connectivity index (χ1v) is 20.4. The van der Waals surface area contributed by atoms with E-state index < -0.39 is 0 Å². The second kappa shape index (κ2) is 11.9. The van der Waals surface area contributed by atoms with Crippen LogP contribution in [0.5, 0.6) is 0 Å². The Morgan fingerprint density at radius 1 is 0.661 bits per heavy atom. The number of hydrogen-bond acceptors (Lipinski definition) is 3. The summed E-state index contributed by atoms with van der Waals surface area (Å²) in [4.78, 5) is 2.77. The summed E-state index contributed by atoms with van der Waals surface area (Å²) in [7, 11) is 2.50. The molecule has 11 rings (SSSR count). The van der Waals surface area contributed by atoms with E-state index in [9.17, 15) is 0 Å². The number of nitrogens with zero attached hydrogens (tertiary/aromatic N) is 1. The summed E-state index contributed by atoms with van der Waals surface area (Å²) in [5.41, 5.74) is 16.9. The molecule has 3 heterocycles. The van der Waals surface area contributed by atoms with Crippen molar-refractivity contribution in [2.24, 2.45) is 0 Å². The van der Waals surface area contributed by atoms with Crippen LogP contribution in [0.15, 0.2) is 138 Å². The Labute approximate surface area is 330 Å². The number of para-hydroxylation sites is 1. The lowest BCUT2D eigenvalue weighted by Gasteiger charge is -2.51. The molecule has 56 heavy (non-hydrogen) atoms. The zero-order valence-corrected chi connectivity index (χ0v) is 33.0. The molecule has 0 saturated heterocycles. The predicted molar refractivity (Wildman–Crippen MR) is 238 cm³/mol. The van der Waals surface area contributed by atoms with Crippen molar-refractivity contribution in [1.82, 2.24) is 0 Å². The van der Waals surface area contributed by atoms with Gasteiger partial charge in [0, 0.05) is 38.5 Å². The maximum absolute atomic E-state index is 7.01. The molecule has 0 bridgehead atoms. The van der Waals surface area contributed by atoms with E-state index in [1.807, 2.05) is 0 Å². The van der Waals surface area contributed by atoms with E-state index in [-0.39, 0.29) is 16.4 Å². The first kappa shape index (κ1) is 33.6. The van der Waals surface area contributed by atoms with Crippen molar-refractivity contribution in [1.29, 1.82) is 0 Å². The van der Waals surface area contributed by atoms with E-state index in [1.54, 1.807) is 0 Å². The van der Waals surface area contributed by atoms with Gasteiger partial charge in [0.2, 0.25) is 0 Å². The van der Waals surface area contributed by atoms with E-state index in [0.29, 0.717) is 0 Å². The molecule has 273 valence electrons. The van der Waals surface area contributed by atoms with Crippen molar-refractivity contribution >= 4 is 73.7 Å². The van der Waals surface area contributed by atoms with Gasteiger partial charge >= 0.3 is 0 Å². The van der Waals surface area contributed by atoms with Gasteiger partial charge in [-0.3, -0.25) is 0 Å². The van der Waals surface area contributed by atoms with Crippen LogP contribution in [0.4, 0.5) is 22.7 Å². The van der Waals surface area contributed by atoms with Gasteiger partial charge in [-0.1, -0.05) is 155 Å². The minimum atomic E-state index is -0.114. The average Bonchev–Trinajstić information content (AvgIpc) is 3.69. The van der Waals surface area contributed by atoms with Crippen LogP contribution in [-0.2, 0) is 10.8 Å². The highest BCUT2D eigenvalue weighted by Gasteiger charge is 2.60. The summed E-state index contributed by atoms with van der Waals surface area (Å²) < 4.78 is 7.01. The normalized spacial score (nSPS) is 19.8. The molecule has 1 fully saturated rings. The number of anilines is 4. The van der Waals surface area contributed by atoms with Gasteiger partial charge in [-0.25, -0.2) is 0 Å². The number of nitrogens with one attached hydrogen (secondary N) is 1. The standard InChI is InChI=1S/C52H46BN2O/c1-50(2,3)35-29-42-47-43(30-35)53-45-40(31-41-38-19-11-12-20-44(38)56-49(41)48(45)55(47)52(5)28-14-13-27-51(42,52)4)39-26-23-34-17-9-10-18-37(34)46(39)54-36-24-21-33(22-25-36)32-15-7-6-8-16-32/h6-12,15-26,29-31,54H,13-14,27-28H2,1-5H3. The fourth-order valence-electron chi connectivity index (χ4n) is 10.5. The largest absolute Gasteiger partial charge is 0.454 e. The lowest BCUT2D eigenvalue weighted by Crippen LogP contribution is -2.57. The fourth-order valence-corrected chi connectivity index (χ4v) is 10.5. The van der Waals surface area contributed by atoms with Crippen LogP contribution in [0.3, 0.4) is 0 Å². The van der Waals surface area contributed by atoms with Gasteiger partial charge in [0.1, 0.15) is 5.58 Å². The van der Waals surface area contributed by atoms with Gasteiger partial charge in [0.05, 0.1) is 16.9 Å². The molecule has 2 unspecified atom stereocenters.